The Hall–Kier alpha value is -3.30. The van der Waals surface area contributed by atoms with Gasteiger partial charge in [-0.25, -0.2) is 9.78 Å². The molecule has 4 rings (SSSR count). The fourth-order valence-corrected chi connectivity index (χ4v) is 4.48. The van der Waals surface area contributed by atoms with Gasteiger partial charge in [0.1, 0.15) is 18.2 Å². The molecule has 0 aliphatic rings. The number of fused-ring (bicyclic) bond motifs is 1. The van der Waals surface area contributed by atoms with Gasteiger partial charge in [-0.15, -0.1) is 0 Å². The standard InChI is InChI=1S/C27H23Br2N3O4/c1-2-3-7-25-31-23-10-9-20(28)14-21(23)26(33)32(25)30-15-17-8-11-24(22(29)13-17)36-16-18-5-4-6-19(12-18)27(34)35/h4-6,8-15H,2-3,7,16H2,1H3,(H,34,35). The second kappa shape index (κ2) is 11.6. The maximum absolute atomic E-state index is 13.2. The lowest BCUT2D eigenvalue weighted by molar-refractivity contribution is 0.0696. The molecule has 1 aromatic heterocycles. The molecule has 0 unspecified atom stereocenters. The molecule has 0 saturated heterocycles. The maximum Gasteiger partial charge on any atom is 0.335 e. The van der Waals surface area contributed by atoms with Crippen LogP contribution in [0, 0.1) is 0 Å². The van der Waals surface area contributed by atoms with E-state index in [1.807, 2.05) is 30.3 Å². The van der Waals surface area contributed by atoms with Crippen molar-refractivity contribution in [3.63, 3.8) is 0 Å². The predicted molar refractivity (Wildman–Crippen MR) is 147 cm³/mol. The molecule has 4 aromatic rings. The molecular weight excluding hydrogens is 590 g/mol. The quantitative estimate of drug-likeness (QED) is 0.220. The largest absolute Gasteiger partial charge is 0.488 e. The molecule has 1 heterocycles. The first-order valence-electron chi connectivity index (χ1n) is 11.4. The molecule has 0 atom stereocenters. The third kappa shape index (κ3) is 6.09. The highest BCUT2D eigenvalue weighted by Gasteiger charge is 2.11. The Morgan fingerprint density at radius 3 is 2.72 bits per heavy atom. The van der Waals surface area contributed by atoms with Crippen LogP contribution in [0.25, 0.3) is 10.9 Å². The first kappa shape index (κ1) is 25.8. The average Bonchev–Trinajstić information content (AvgIpc) is 2.87. The van der Waals surface area contributed by atoms with Crippen molar-refractivity contribution in [2.24, 2.45) is 5.10 Å². The molecular formula is C27H23Br2N3O4. The third-order valence-electron chi connectivity index (χ3n) is 5.48. The van der Waals surface area contributed by atoms with Crippen LogP contribution in [-0.4, -0.2) is 27.0 Å². The third-order valence-corrected chi connectivity index (χ3v) is 6.59. The molecule has 36 heavy (non-hydrogen) atoms. The predicted octanol–water partition coefficient (Wildman–Crippen LogP) is 6.42. The number of benzene rings is 3. The molecule has 0 fully saturated rings. The molecule has 0 saturated carbocycles. The molecule has 0 spiro atoms. The lowest BCUT2D eigenvalue weighted by Gasteiger charge is -2.10. The van der Waals surface area contributed by atoms with Gasteiger partial charge in [0.05, 0.1) is 27.2 Å². The SMILES string of the molecule is CCCCc1nc2ccc(Br)cc2c(=O)n1N=Cc1ccc(OCc2cccc(C(=O)O)c2)c(Br)c1. The number of aromatic carboxylic acids is 1. The minimum atomic E-state index is -0.979. The molecule has 0 aliphatic heterocycles. The van der Waals surface area contributed by atoms with Crippen LogP contribution in [0.2, 0.25) is 0 Å². The second-order valence-corrected chi connectivity index (χ2v) is 9.91. The Balaban J connectivity index is 1.57. The molecule has 0 radical (unpaired) electrons. The molecule has 0 amide bonds. The Kier molecular flexibility index (Phi) is 8.32. The van der Waals surface area contributed by atoms with Crippen LogP contribution in [-0.2, 0) is 13.0 Å². The first-order chi connectivity index (χ1) is 17.4. The smallest absolute Gasteiger partial charge is 0.335 e. The number of rotatable bonds is 9. The highest BCUT2D eigenvalue weighted by atomic mass is 79.9. The fraction of sp³-hybridized carbons (Fsp3) is 0.185. The van der Waals surface area contributed by atoms with Crippen LogP contribution < -0.4 is 10.3 Å². The maximum atomic E-state index is 13.2. The van der Waals surface area contributed by atoms with Gasteiger partial charge in [-0.3, -0.25) is 4.79 Å². The topological polar surface area (TPSA) is 93.8 Å². The van der Waals surface area contributed by atoms with Crippen molar-refractivity contribution in [2.45, 2.75) is 32.8 Å². The van der Waals surface area contributed by atoms with E-state index in [0.717, 1.165) is 28.4 Å². The van der Waals surface area contributed by atoms with Crippen molar-refractivity contribution < 1.29 is 14.6 Å². The minimum Gasteiger partial charge on any atom is -0.488 e. The summed E-state index contributed by atoms with van der Waals surface area (Å²) in [5.41, 5.74) is 2.17. The summed E-state index contributed by atoms with van der Waals surface area (Å²) in [6.45, 7) is 2.32. The van der Waals surface area contributed by atoms with Gasteiger partial charge >= 0.3 is 5.97 Å². The van der Waals surface area contributed by atoms with Crippen molar-refractivity contribution >= 4 is 54.9 Å². The van der Waals surface area contributed by atoms with Crippen LogP contribution in [0.3, 0.4) is 0 Å². The first-order valence-corrected chi connectivity index (χ1v) is 12.9. The Morgan fingerprint density at radius 1 is 1.14 bits per heavy atom. The van der Waals surface area contributed by atoms with Crippen LogP contribution in [0.5, 0.6) is 5.75 Å². The van der Waals surface area contributed by atoms with E-state index in [9.17, 15) is 9.59 Å². The van der Waals surface area contributed by atoms with E-state index in [-0.39, 0.29) is 17.7 Å². The summed E-state index contributed by atoms with van der Waals surface area (Å²) in [4.78, 5) is 29.1. The lowest BCUT2D eigenvalue weighted by atomic mass is 10.1. The van der Waals surface area contributed by atoms with Crippen LogP contribution in [0.4, 0.5) is 0 Å². The molecule has 9 heteroatoms. The van der Waals surface area contributed by atoms with Gasteiger partial charge in [-0.2, -0.15) is 9.78 Å². The summed E-state index contributed by atoms with van der Waals surface area (Å²) < 4.78 is 8.75. The van der Waals surface area contributed by atoms with Crippen molar-refractivity contribution in [2.75, 3.05) is 0 Å². The van der Waals surface area contributed by atoms with Crippen LogP contribution >= 0.6 is 31.9 Å². The number of ether oxygens (including phenoxy) is 1. The molecule has 3 aromatic carbocycles. The average molecular weight is 613 g/mol. The monoisotopic (exact) mass is 611 g/mol. The van der Waals surface area contributed by atoms with Crippen molar-refractivity contribution in [3.8, 4) is 5.75 Å². The highest BCUT2D eigenvalue weighted by molar-refractivity contribution is 9.10. The number of hydrogen-bond donors (Lipinski definition) is 1. The summed E-state index contributed by atoms with van der Waals surface area (Å²) in [7, 11) is 0. The second-order valence-electron chi connectivity index (χ2n) is 8.14. The number of carboxylic acid groups (broad SMARTS) is 1. The summed E-state index contributed by atoms with van der Waals surface area (Å²) in [6, 6.07) is 17.6. The number of halogens is 2. The number of carboxylic acids is 1. The van der Waals surface area contributed by atoms with E-state index in [1.165, 1.54) is 4.68 Å². The van der Waals surface area contributed by atoms with Crippen molar-refractivity contribution in [1.29, 1.82) is 0 Å². The molecule has 0 bridgehead atoms. The van der Waals surface area contributed by atoms with Gasteiger partial charge in [0.25, 0.3) is 5.56 Å². The van der Waals surface area contributed by atoms with Gasteiger partial charge in [0, 0.05) is 10.9 Å². The van der Waals surface area contributed by atoms with Gasteiger partial charge < -0.3 is 9.84 Å². The number of aromatic nitrogens is 2. The number of aryl methyl sites for hydroxylation is 1. The highest BCUT2D eigenvalue weighted by Crippen LogP contribution is 2.26. The van der Waals surface area contributed by atoms with Crippen molar-refractivity contribution in [3.05, 3.63) is 102 Å². The molecule has 1 N–H and O–H groups in total. The number of carbonyl (C=O) groups is 1. The Labute approximate surface area is 224 Å². The number of hydrogen-bond acceptors (Lipinski definition) is 5. The summed E-state index contributed by atoms with van der Waals surface area (Å²) >= 11 is 6.94. The van der Waals surface area contributed by atoms with E-state index in [1.54, 1.807) is 36.5 Å². The normalized spacial score (nSPS) is 11.3. The molecule has 184 valence electrons. The summed E-state index contributed by atoms with van der Waals surface area (Å²) in [5, 5.41) is 14.1. The van der Waals surface area contributed by atoms with E-state index in [0.29, 0.717) is 33.4 Å². The van der Waals surface area contributed by atoms with Crippen LogP contribution in [0.1, 0.15) is 47.1 Å². The zero-order chi connectivity index (χ0) is 25.7. The summed E-state index contributed by atoms with van der Waals surface area (Å²) in [6.07, 6.45) is 4.14. The lowest BCUT2D eigenvalue weighted by Crippen LogP contribution is -2.22. The number of nitrogens with zero attached hydrogens (tertiary/aromatic N) is 3. The van der Waals surface area contributed by atoms with E-state index < -0.39 is 5.97 Å². The van der Waals surface area contributed by atoms with Gasteiger partial charge in [-0.1, -0.05) is 41.4 Å². The van der Waals surface area contributed by atoms with E-state index in [2.05, 4.69) is 43.9 Å². The van der Waals surface area contributed by atoms with Gasteiger partial charge in [-0.05, 0) is 82.0 Å². The van der Waals surface area contributed by atoms with Gasteiger partial charge in [0.15, 0.2) is 0 Å². The minimum absolute atomic E-state index is 0.214. The van der Waals surface area contributed by atoms with Crippen LogP contribution in [0.15, 0.2) is 79.5 Å². The fourth-order valence-electron chi connectivity index (χ4n) is 3.60. The molecule has 7 nitrogen and oxygen atoms in total. The molecule has 0 aliphatic carbocycles. The van der Waals surface area contributed by atoms with Gasteiger partial charge in [0.2, 0.25) is 0 Å². The zero-order valence-corrected chi connectivity index (χ0v) is 22.6. The number of unbranched alkanes of at least 4 members (excludes halogenated alkanes) is 1. The Bertz CT molecular complexity index is 1520. The zero-order valence-electron chi connectivity index (χ0n) is 19.4. The van der Waals surface area contributed by atoms with Crippen molar-refractivity contribution in [1.82, 2.24) is 9.66 Å². The summed E-state index contributed by atoms with van der Waals surface area (Å²) in [5.74, 6) is 0.245. The Morgan fingerprint density at radius 2 is 1.97 bits per heavy atom. The van der Waals surface area contributed by atoms with E-state index in [4.69, 9.17) is 14.8 Å². The van der Waals surface area contributed by atoms with E-state index >= 15 is 0 Å².